The molecule has 1 atom stereocenters. The first-order valence-electron chi connectivity index (χ1n) is 6.75. The van der Waals surface area contributed by atoms with Crippen molar-refractivity contribution in [2.24, 2.45) is 5.10 Å². The minimum absolute atomic E-state index is 0.0236. The molecular weight excluding hydrogens is 264 g/mol. The molecule has 0 N–H and O–H groups in total. The SMILES string of the molecule is CC(/C=N/N1C(=O)c2ccccc2C1=O)c1ccccc1. The summed E-state index contributed by atoms with van der Waals surface area (Å²) in [7, 11) is 0. The van der Waals surface area contributed by atoms with E-state index >= 15 is 0 Å². The van der Waals surface area contributed by atoms with Gasteiger partial charge < -0.3 is 0 Å². The molecule has 0 saturated carbocycles. The van der Waals surface area contributed by atoms with Crippen LogP contribution in [0.3, 0.4) is 0 Å². The number of hydrazone groups is 1. The van der Waals surface area contributed by atoms with E-state index in [-0.39, 0.29) is 17.7 Å². The summed E-state index contributed by atoms with van der Waals surface area (Å²) in [5.41, 5.74) is 1.90. The molecule has 2 aromatic carbocycles. The molecule has 0 spiro atoms. The molecular formula is C17H14N2O2. The summed E-state index contributed by atoms with van der Waals surface area (Å²) in [4.78, 5) is 24.3. The van der Waals surface area contributed by atoms with Gasteiger partial charge in [-0.3, -0.25) is 9.59 Å². The maximum absolute atomic E-state index is 12.1. The summed E-state index contributed by atoms with van der Waals surface area (Å²) in [6.07, 6.45) is 1.62. The molecule has 4 heteroatoms. The molecule has 1 aliphatic rings. The standard InChI is InChI=1S/C17H14N2O2/c1-12(13-7-3-2-4-8-13)11-18-19-16(20)14-9-5-6-10-15(14)17(19)21/h2-12H,1H3/b18-11+. The van der Waals surface area contributed by atoms with Crippen LogP contribution in [0.25, 0.3) is 0 Å². The maximum atomic E-state index is 12.1. The second-order valence-electron chi connectivity index (χ2n) is 4.93. The third-order valence-electron chi connectivity index (χ3n) is 3.50. The first kappa shape index (κ1) is 13.2. The number of carbonyl (C=O) groups is 2. The summed E-state index contributed by atoms with van der Waals surface area (Å²) in [5.74, 6) is -0.713. The Labute approximate surface area is 122 Å². The quantitative estimate of drug-likeness (QED) is 0.640. The van der Waals surface area contributed by atoms with Gasteiger partial charge in [-0.1, -0.05) is 49.4 Å². The largest absolute Gasteiger partial charge is 0.282 e. The van der Waals surface area contributed by atoms with Crippen LogP contribution >= 0.6 is 0 Å². The maximum Gasteiger partial charge on any atom is 0.282 e. The van der Waals surface area contributed by atoms with Gasteiger partial charge in [0.25, 0.3) is 11.8 Å². The molecule has 4 nitrogen and oxygen atoms in total. The van der Waals surface area contributed by atoms with Gasteiger partial charge in [-0.2, -0.15) is 10.1 Å². The number of benzene rings is 2. The van der Waals surface area contributed by atoms with Gasteiger partial charge in [0.15, 0.2) is 0 Å². The lowest BCUT2D eigenvalue weighted by molar-refractivity contribution is 0.0659. The summed E-state index contributed by atoms with van der Waals surface area (Å²) < 4.78 is 0. The average molecular weight is 278 g/mol. The number of fused-ring (bicyclic) bond motifs is 1. The second-order valence-corrected chi connectivity index (χ2v) is 4.93. The molecule has 0 fully saturated rings. The molecule has 1 unspecified atom stereocenters. The zero-order valence-corrected chi connectivity index (χ0v) is 11.6. The molecule has 0 saturated heterocycles. The van der Waals surface area contributed by atoms with E-state index in [1.807, 2.05) is 37.3 Å². The molecule has 0 aliphatic carbocycles. The topological polar surface area (TPSA) is 49.7 Å². The van der Waals surface area contributed by atoms with Crippen LogP contribution < -0.4 is 0 Å². The van der Waals surface area contributed by atoms with Crippen molar-refractivity contribution in [2.45, 2.75) is 12.8 Å². The normalized spacial score (nSPS) is 15.6. The van der Waals surface area contributed by atoms with E-state index in [9.17, 15) is 9.59 Å². The molecule has 0 radical (unpaired) electrons. The van der Waals surface area contributed by atoms with E-state index in [4.69, 9.17) is 0 Å². The third kappa shape index (κ3) is 2.36. The van der Waals surface area contributed by atoms with Crippen LogP contribution in [0.4, 0.5) is 0 Å². The minimum Gasteiger partial charge on any atom is -0.267 e. The van der Waals surface area contributed by atoms with Gasteiger partial charge in [0.1, 0.15) is 0 Å². The second kappa shape index (κ2) is 5.32. The van der Waals surface area contributed by atoms with Crippen molar-refractivity contribution in [1.82, 2.24) is 5.01 Å². The molecule has 2 amide bonds. The number of rotatable bonds is 3. The highest BCUT2D eigenvalue weighted by Crippen LogP contribution is 2.23. The van der Waals surface area contributed by atoms with Crippen molar-refractivity contribution >= 4 is 18.0 Å². The molecule has 1 heterocycles. The zero-order valence-electron chi connectivity index (χ0n) is 11.6. The van der Waals surface area contributed by atoms with Crippen LogP contribution in [0.2, 0.25) is 0 Å². The van der Waals surface area contributed by atoms with Crippen LogP contribution in [0.1, 0.15) is 39.1 Å². The summed E-state index contributed by atoms with van der Waals surface area (Å²) in [5, 5.41) is 5.02. The van der Waals surface area contributed by atoms with Gasteiger partial charge in [0.2, 0.25) is 0 Å². The molecule has 104 valence electrons. The van der Waals surface area contributed by atoms with Crippen LogP contribution in [0.15, 0.2) is 59.7 Å². The van der Waals surface area contributed by atoms with Crippen molar-refractivity contribution < 1.29 is 9.59 Å². The van der Waals surface area contributed by atoms with Crippen LogP contribution in [0.5, 0.6) is 0 Å². The number of imide groups is 1. The fourth-order valence-electron chi connectivity index (χ4n) is 2.29. The van der Waals surface area contributed by atoms with E-state index in [1.165, 1.54) is 0 Å². The first-order valence-corrected chi connectivity index (χ1v) is 6.75. The minimum atomic E-state index is -0.368. The van der Waals surface area contributed by atoms with E-state index in [2.05, 4.69) is 5.10 Å². The fraction of sp³-hybridized carbons (Fsp3) is 0.118. The van der Waals surface area contributed by atoms with Crippen LogP contribution in [0, 0.1) is 0 Å². The number of hydrogen-bond donors (Lipinski definition) is 0. The summed E-state index contributed by atoms with van der Waals surface area (Å²) in [6, 6.07) is 16.6. The molecule has 21 heavy (non-hydrogen) atoms. The Morgan fingerprint density at radius 1 is 0.905 bits per heavy atom. The smallest absolute Gasteiger partial charge is 0.267 e. The highest BCUT2D eigenvalue weighted by atomic mass is 16.2. The lowest BCUT2D eigenvalue weighted by Crippen LogP contribution is -2.24. The highest BCUT2D eigenvalue weighted by molar-refractivity contribution is 6.21. The van der Waals surface area contributed by atoms with Crippen LogP contribution in [-0.2, 0) is 0 Å². The number of carbonyl (C=O) groups excluding carboxylic acids is 2. The average Bonchev–Trinajstić information content (AvgIpc) is 2.78. The van der Waals surface area contributed by atoms with Gasteiger partial charge in [0, 0.05) is 12.1 Å². The van der Waals surface area contributed by atoms with E-state index in [0.29, 0.717) is 11.1 Å². The lowest BCUT2D eigenvalue weighted by atomic mass is 10.0. The third-order valence-corrected chi connectivity index (χ3v) is 3.50. The molecule has 3 rings (SSSR count). The Balaban J connectivity index is 1.82. The highest BCUT2D eigenvalue weighted by Gasteiger charge is 2.35. The van der Waals surface area contributed by atoms with Crippen molar-refractivity contribution in [3.8, 4) is 0 Å². The summed E-state index contributed by atoms with van der Waals surface area (Å²) >= 11 is 0. The van der Waals surface area contributed by atoms with Gasteiger partial charge in [-0.15, -0.1) is 0 Å². The molecule has 0 bridgehead atoms. The van der Waals surface area contributed by atoms with Gasteiger partial charge in [-0.25, -0.2) is 0 Å². The number of hydrogen-bond acceptors (Lipinski definition) is 3. The fourth-order valence-corrected chi connectivity index (χ4v) is 2.29. The van der Waals surface area contributed by atoms with E-state index < -0.39 is 0 Å². The zero-order chi connectivity index (χ0) is 14.8. The van der Waals surface area contributed by atoms with Crippen LogP contribution in [-0.4, -0.2) is 23.0 Å². The summed E-state index contributed by atoms with van der Waals surface area (Å²) in [6.45, 7) is 1.97. The number of nitrogens with zero attached hydrogens (tertiary/aromatic N) is 2. The monoisotopic (exact) mass is 278 g/mol. The Hall–Kier alpha value is -2.75. The van der Waals surface area contributed by atoms with Gasteiger partial charge in [-0.05, 0) is 17.7 Å². The Bertz CT molecular complexity index is 688. The van der Waals surface area contributed by atoms with Crippen molar-refractivity contribution in [1.29, 1.82) is 0 Å². The predicted octanol–water partition coefficient (Wildman–Crippen LogP) is 3.07. The molecule has 1 aliphatic heterocycles. The molecule has 2 aromatic rings. The lowest BCUT2D eigenvalue weighted by Gasteiger charge is -2.09. The Kier molecular flexibility index (Phi) is 3.36. The Morgan fingerprint density at radius 3 is 2.00 bits per heavy atom. The predicted molar refractivity (Wildman–Crippen MR) is 80.3 cm³/mol. The van der Waals surface area contributed by atoms with Gasteiger partial charge >= 0.3 is 0 Å². The van der Waals surface area contributed by atoms with Crippen molar-refractivity contribution in [3.05, 3.63) is 71.3 Å². The number of amides is 2. The van der Waals surface area contributed by atoms with E-state index in [0.717, 1.165) is 10.6 Å². The van der Waals surface area contributed by atoms with E-state index in [1.54, 1.807) is 30.5 Å². The Morgan fingerprint density at radius 2 is 1.43 bits per heavy atom. The molecule has 0 aromatic heterocycles. The van der Waals surface area contributed by atoms with Crippen molar-refractivity contribution in [3.63, 3.8) is 0 Å². The first-order chi connectivity index (χ1) is 10.2. The van der Waals surface area contributed by atoms with Crippen molar-refractivity contribution in [2.75, 3.05) is 0 Å². The van der Waals surface area contributed by atoms with Gasteiger partial charge in [0.05, 0.1) is 11.1 Å².